The number of nitrogens with one attached hydrogen (secondary N) is 2. The summed E-state index contributed by atoms with van der Waals surface area (Å²) in [5.74, 6) is -0.0634. The normalized spacial score (nSPS) is 13.2. The molecule has 0 spiro atoms. The van der Waals surface area contributed by atoms with Gasteiger partial charge in [0.05, 0.1) is 23.6 Å². The molecule has 2 aromatic heterocycles. The Bertz CT molecular complexity index is 2210. The van der Waals surface area contributed by atoms with Crippen molar-refractivity contribution in [3.05, 3.63) is 125 Å². The summed E-state index contributed by atoms with van der Waals surface area (Å²) in [5.41, 5.74) is 1.51. The monoisotopic (exact) mass is 660 g/mol. The second kappa shape index (κ2) is 12.5. The fourth-order valence-electron chi connectivity index (χ4n) is 5.90. The van der Waals surface area contributed by atoms with Crippen molar-refractivity contribution >= 4 is 22.8 Å². The number of halogens is 2. The third-order valence-corrected chi connectivity index (χ3v) is 8.59. The van der Waals surface area contributed by atoms with Gasteiger partial charge in [0.2, 0.25) is 0 Å². The van der Waals surface area contributed by atoms with Crippen LogP contribution in [-0.4, -0.2) is 35.9 Å². The van der Waals surface area contributed by atoms with Crippen LogP contribution in [0.15, 0.2) is 95.7 Å². The van der Waals surface area contributed by atoms with E-state index >= 15 is 4.39 Å². The van der Waals surface area contributed by atoms with Gasteiger partial charge < -0.3 is 24.5 Å². The van der Waals surface area contributed by atoms with Crippen molar-refractivity contribution in [2.45, 2.75) is 25.3 Å². The second-order valence-corrected chi connectivity index (χ2v) is 11.7. The predicted octanol–water partition coefficient (Wildman–Crippen LogP) is 7.72. The van der Waals surface area contributed by atoms with Crippen molar-refractivity contribution in [2.75, 3.05) is 14.2 Å². The first-order chi connectivity index (χ1) is 23.7. The molecule has 4 aromatic carbocycles. The lowest BCUT2D eigenvalue weighted by atomic mass is 9.94. The zero-order valence-electron chi connectivity index (χ0n) is 26.8. The fourth-order valence-corrected chi connectivity index (χ4v) is 5.90. The molecule has 49 heavy (non-hydrogen) atoms. The van der Waals surface area contributed by atoms with Crippen LogP contribution in [0.3, 0.4) is 0 Å². The maximum absolute atomic E-state index is 16.7. The summed E-state index contributed by atoms with van der Waals surface area (Å²) in [6.45, 7) is 1.79. The van der Waals surface area contributed by atoms with E-state index < -0.39 is 23.2 Å². The first-order valence-corrected chi connectivity index (χ1v) is 15.5. The highest BCUT2D eigenvalue weighted by Gasteiger charge is 2.48. The van der Waals surface area contributed by atoms with Gasteiger partial charge in [-0.05, 0) is 110 Å². The van der Waals surface area contributed by atoms with Crippen LogP contribution in [0.4, 0.5) is 8.78 Å². The molecule has 1 saturated carbocycles. The smallest absolute Gasteiger partial charge is 0.255 e. The number of benzene rings is 4. The molecule has 11 heteroatoms. The summed E-state index contributed by atoms with van der Waals surface area (Å²) in [7, 11) is 2.92. The number of rotatable bonds is 9. The predicted molar refractivity (Wildman–Crippen MR) is 179 cm³/mol. The molecule has 0 aliphatic heterocycles. The van der Waals surface area contributed by atoms with Gasteiger partial charge in [0.25, 0.3) is 11.8 Å². The van der Waals surface area contributed by atoms with Crippen molar-refractivity contribution in [1.29, 1.82) is 0 Å². The molecule has 0 saturated heterocycles. The summed E-state index contributed by atoms with van der Waals surface area (Å²) in [4.78, 5) is 35.7. The molecule has 1 aliphatic rings. The number of hydrogen-bond donors (Lipinski definition) is 2. The van der Waals surface area contributed by atoms with Crippen LogP contribution in [-0.2, 0) is 5.54 Å². The molecule has 9 nitrogen and oxygen atoms in total. The number of nitrogens with zero attached hydrogens (tertiary/aromatic N) is 2. The van der Waals surface area contributed by atoms with E-state index in [9.17, 15) is 14.0 Å². The van der Waals surface area contributed by atoms with Gasteiger partial charge in [-0.3, -0.25) is 9.59 Å². The zero-order chi connectivity index (χ0) is 34.3. The van der Waals surface area contributed by atoms with E-state index in [4.69, 9.17) is 13.9 Å². The van der Waals surface area contributed by atoms with Crippen LogP contribution in [0.2, 0.25) is 0 Å². The molecule has 0 unspecified atom stereocenters. The lowest BCUT2D eigenvalue weighted by Crippen LogP contribution is -2.36. The number of amides is 2. The van der Waals surface area contributed by atoms with E-state index in [1.807, 2.05) is 0 Å². The van der Waals surface area contributed by atoms with Gasteiger partial charge in [0, 0.05) is 30.6 Å². The zero-order valence-corrected chi connectivity index (χ0v) is 26.8. The highest BCUT2D eigenvalue weighted by molar-refractivity contribution is 6.12. The van der Waals surface area contributed by atoms with Crippen molar-refractivity contribution in [1.82, 2.24) is 20.6 Å². The summed E-state index contributed by atoms with van der Waals surface area (Å²) >= 11 is 0. The SMILES string of the molecule is CNC(=O)c1c(-c2ccc(Oc3ccc(F)cc3)cc2)oc2ccc(-c3cc(C(=O)NC4(c5ncccn5)CC4)c(OC)cc3C)c(F)c12. The van der Waals surface area contributed by atoms with Crippen LogP contribution in [0.5, 0.6) is 17.2 Å². The Morgan fingerprint density at radius 2 is 1.55 bits per heavy atom. The molecule has 2 N–H and O–H groups in total. The van der Waals surface area contributed by atoms with Crippen LogP contribution in [0, 0.1) is 18.6 Å². The maximum Gasteiger partial charge on any atom is 0.255 e. The third-order valence-electron chi connectivity index (χ3n) is 8.59. The van der Waals surface area contributed by atoms with Crippen molar-refractivity contribution < 1.29 is 32.3 Å². The number of furan rings is 1. The largest absolute Gasteiger partial charge is 0.496 e. The first-order valence-electron chi connectivity index (χ1n) is 15.5. The Hall–Kier alpha value is -6.10. The highest BCUT2D eigenvalue weighted by Crippen LogP contribution is 2.45. The molecular weight excluding hydrogens is 630 g/mol. The molecule has 0 radical (unpaired) electrons. The second-order valence-electron chi connectivity index (χ2n) is 11.7. The van der Waals surface area contributed by atoms with Gasteiger partial charge in [-0.15, -0.1) is 0 Å². The van der Waals surface area contributed by atoms with Gasteiger partial charge in [0.1, 0.15) is 45.8 Å². The van der Waals surface area contributed by atoms with Crippen LogP contribution in [0.1, 0.15) is 44.9 Å². The van der Waals surface area contributed by atoms with E-state index in [0.29, 0.717) is 52.6 Å². The molecule has 2 heterocycles. The van der Waals surface area contributed by atoms with Crippen LogP contribution < -0.4 is 20.1 Å². The average Bonchev–Trinajstić information content (AvgIpc) is 3.80. The van der Waals surface area contributed by atoms with Gasteiger partial charge >= 0.3 is 0 Å². The molecule has 0 bridgehead atoms. The molecule has 246 valence electrons. The summed E-state index contributed by atoms with van der Waals surface area (Å²) < 4.78 is 47.5. The minimum absolute atomic E-state index is 0.00197. The number of aryl methyl sites for hydroxylation is 1. The first kappa shape index (κ1) is 31.5. The minimum atomic E-state index is -0.682. The number of methoxy groups -OCH3 is 1. The van der Waals surface area contributed by atoms with Gasteiger partial charge in [-0.25, -0.2) is 18.7 Å². The summed E-state index contributed by atoms with van der Waals surface area (Å²) in [6.07, 6.45) is 4.63. The van der Waals surface area contributed by atoms with E-state index in [1.54, 1.807) is 73.9 Å². The molecule has 2 amide bonds. The standard InChI is InChI=1S/C38H30F2N4O5/c1-21-19-30(47-3)28(35(45)44-38(15-16-38)37-42-17-4-18-43-37)20-27(21)26-13-14-29-31(33(26)40)32(36(46)41-2)34(49-29)22-5-9-24(10-6-22)48-25-11-7-23(39)8-12-25/h4-14,17-20H,15-16H2,1-3H3,(H,41,46)(H,44,45). The van der Waals surface area contributed by atoms with Gasteiger partial charge in [-0.2, -0.15) is 0 Å². The van der Waals surface area contributed by atoms with Gasteiger partial charge in [-0.1, -0.05) is 0 Å². The number of fused-ring (bicyclic) bond motifs is 1. The third kappa shape index (κ3) is 5.84. The highest BCUT2D eigenvalue weighted by atomic mass is 19.1. The Labute approximate surface area is 279 Å². The molecular formula is C38H30F2N4O5. The maximum atomic E-state index is 16.7. The summed E-state index contributed by atoms with van der Waals surface area (Å²) in [6, 6.07) is 20.5. The quantitative estimate of drug-likeness (QED) is 0.163. The van der Waals surface area contributed by atoms with E-state index in [-0.39, 0.29) is 39.2 Å². The molecule has 6 aromatic rings. The molecule has 0 atom stereocenters. The number of carbonyl (C=O) groups excluding carboxylic acids is 2. The number of ether oxygens (including phenoxy) is 2. The van der Waals surface area contributed by atoms with E-state index in [1.165, 1.54) is 38.4 Å². The van der Waals surface area contributed by atoms with Crippen molar-refractivity contribution in [3.8, 4) is 39.7 Å². The average molecular weight is 661 g/mol. The lowest BCUT2D eigenvalue weighted by molar-refractivity contribution is 0.0923. The van der Waals surface area contributed by atoms with Gasteiger partial charge in [0.15, 0.2) is 5.82 Å². The topological polar surface area (TPSA) is 116 Å². The van der Waals surface area contributed by atoms with Crippen molar-refractivity contribution in [2.24, 2.45) is 0 Å². The molecule has 1 fully saturated rings. The van der Waals surface area contributed by atoms with Crippen LogP contribution in [0.25, 0.3) is 33.4 Å². The number of aromatic nitrogens is 2. The Kier molecular flexibility index (Phi) is 8.03. The number of hydrogen-bond acceptors (Lipinski definition) is 7. The van der Waals surface area contributed by atoms with Crippen LogP contribution >= 0.6 is 0 Å². The van der Waals surface area contributed by atoms with Crippen molar-refractivity contribution in [3.63, 3.8) is 0 Å². The Morgan fingerprint density at radius 3 is 2.18 bits per heavy atom. The summed E-state index contributed by atoms with van der Waals surface area (Å²) in [5, 5.41) is 5.65. The Morgan fingerprint density at radius 1 is 0.878 bits per heavy atom. The molecule has 7 rings (SSSR count). The Balaban J connectivity index is 1.27. The van der Waals surface area contributed by atoms with E-state index in [2.05, 4.69) is 20.6 Å². The minimum Gasteiger partial charge on any atom is -0.496 e. The fraction of sp³-hybridized carbons (Fsp3) is 0.158. The van der Waals surface area contributed by atoms with E-state index in [0.717, 1.165) is 0 Å². The lowest BCUT2D eigenvalue weighted by Gasteiger charge is -2.19. The number of carbonyl (C=O) groups is 2. The molecule has 1 aliphatic carbocycles.